The zero-order chi connectivity index (χ0) is 19.8. The molecule has 7 heteroatoms. The van der Waals surface area contributed by atoms with E-state index in [-0.39, 0.29) is 11.6 Å². The maximum atomic E-state index is 14.2. The Morgan fingerprint density at radius 3 is 2.56 bits per heavy atom. The molecule has 1 saturated carbocycles. The van der Waals surface area contributed by atoms with Gasteiger partial charge in [0.1, 0.15) is 5.82 Å². The Labute approximate surface area is 156 Å². The quantitative estimate of drug-likeness (QED) is 0.651. The van der Waals surface area contributed by atoms with Gasteiger partial charge in [0.25, 0.3) is 0 Å². The number of aromatic nitrogens is 1. The van der Waals surface area contributed by atoms with Gasteiger partial charge in [0, 0.05) is 18.8 Å². The fraction of sp³-hybridized carbons (Fsp3) is 0.450. The van der Waals surface area contributed by atoms with Crippen molar-refractivity contribution in [3.63, 3.8) is 0 Å². The lowest BCUT2D eigenvalue weighted by Crippen LogP contribution is -2.21. The van der Waals surface area contributed by atoms with Gasteiger partial charge in [0.05, 0.1) is 11.3 Å². The zero-order valence-electron chi connectivity index (χ0n) is 15.6. The Morgan fingerprint density at radius 2 is 1.96 bits per heavy atom. The first-order valence-electron chi connectivity index (χ1n) is 8.98. The maximum absolute atomic E-state index is 14.2. The summed E-state index contributed by atoms with van der Waals surface area (Å²) in [5.41, 5.74) is 0.594. The van der Waals surface area contributed by atoms with Crippen molar-refractivity contribution < 1.29 is 17.6 Å². The number of anilines is 2. The molecule has 0 radical (unpaired) electrons. The predicted molar refractivity (Wildman–Crippen MR) is 97.5 cm³/mol. The third-order valence-electron chi connectivity index (χ3n) is 4.80. The number of halogens is 4. The van der Waals surface area contributed by atoms with Crippen molar-refractivity contribution in [2.24, 2.45) is 0 Å². The minimum atomic E-state index is -4.74. The molecule has 0 unspecified atom stereocenters. The fourth-order valence-electron chi connectivity index (χ4n) is 3.14. The summed E-state index contributed by atoms with van der Waals surface area (Å²) in [6.45, 7) is 4.86. The van der Waals surface area contributed by atoms with Gasteiger partial charge in [-0.2, -0.15) is 13.2 Å². The van der Waals surface area contributed by atoms with Crippen LogP contribution in [0.4, 0.5) is 29.1 Å². The van der Waals surface area contributed by atoms with Crippen LogP contribution in [0.2, 0.25) is 0 Å². The molecule has 0 bridgehead atoms. The second-order valence-electron chi connectivity index (χ2n) is 7.36. The third kappa shape index (κ3) is 4.58. The zero-order valence-corrected chi connectivity index (χ0v) is 15.6. The Hall–Kier alpha value is -2.15. The monoisotopic (exact) mass is 381 g/mol. The van der Waals surface area contributed by atoms with Crippen LogP contribution in [0.5, 0.6) is 0 Å². The van der Waals surface area contributed by atoms with Crippen LogP contribution in [-0.4, -0.2) is 23.0 Å². The molecule has 1 aromatic heterocycles. The molecule has 0 saturated heterocycles. The average molecular weight is 381 g/mol. The van der Waals surface area contributed by atoms with Crippen molar-refractivity contribution in [3.05, 3.63) is 53.0 Å². The molecular weight excluding hydrogens is 358 g/mol. The van der Waals surface area contributed by atoms with Crippen molar-refractivity contribution in [1.29, 1.82) is 0 Å². The highest BCUT2D eigenvalue weighted by Crippen LogP contribution is 2.35. The first-order valence-corrected chi connectivity index (χ1v) is 8.98. The molecule has 0 amide bonds. The summed E-state index contributed by atoms with van der Waals surface area (Å²) in [6.07, 6.45) is -0.609. The number of hydrogen-bond donors (Lipinski definition) is 1. The van der Waals surface area contributed by atoms with Gasteiger partial charge in [0.15, 0.2) is 5.82 Å². The van der Waals surface area contributed by atoms with Gasteiger partial charge in [-0.25, -0.2) is 9.37 Å². The van der Waals surface area contributed by atoms with Crippen molar-refractivity contribution in [1.82, 2.24) is 9.88 Å². The molecule has 1 aliphatic rings. The van der Waals surface area contributed by atoms with Crippen molar-refractivity contribution >= 4 is 11.5 Å². The summed E-state index contributed by atoms with van der Waals surface area (Å²) in [5.74, 6) is -0.785. The Bertz CT molecular complexity index is 813. The molecule has 3 rings (SSSR count). The number of alkyl halides is 3. The van der Waals surface area contributed by atoms with E-state index in [1.807, 2.05) is 13.8 Å². The Morgan fingerprint density at radius 1 is 1.26 bits per heavy atom. The van der Waals surface area contributed by atoms with Gasteiger partial charge in [-0.3, -0.25) is 4.90 Å². The number of pyridine rings is 1. The summed E-state index contributed by atoms with van der Waals surface area (Å²) in [6, 6.07) is 5.58. The summed E-state index contributed by atoms with van der Waals surface area (Å²) < 4.78 is 52.9. The van der Waals surface area contributed by atoms with E-state index in [1.165, 1.54) is 25.0 Å². The smallest absolute Gasteiger partial charge is 0.338 e. The van der Waals surface area contributed by atoms with E-state index in [9.17, 15) is 17.6 Å². The second kappa shape index (κ2) is 7.46. The van der Waals surface area contributed by atoms with Crippen LogP contribution in [0.1, 0.15) is 49.3 Å². The van der Waals surface area contributed by atoms with Crippen molar-refractivity contribution in [2.45, 2.75) is 51.4 Å². The molecule has 1 fully saturated rings. The molecule has 27 heavy (non-hydrogen) atoms. The highest BCUT2D eigenvalue weighted by molar-refractivity contribution is 5.59. The van der Waals surface area contributed by atoms with Gasteiger partial charge < -0.3 is 5.32 Å². The first-order chi connectivity index (χ1) is 12.7. The molecule has 1 heterocycles. The molecule has 2 aromatic rings. The molecule has 0 aliphatic heterocycles. The van der Waals surface area contributed by atoms with Gasteiger partial charge in [-0.15, -0.1) is 0 Å². The van der Waals surface area contributed by atoms with Gasteiger partial charge >= 0.3 is 6.18 Å². The number of hydrogen-bond acceptors (Lipinski definition) is 3. The highest BCUT2D eigenvalue weighted by Gasteiger charge is 2.35. The maximum Gasteiger partial charge on any atom is 0.419 e. The van der Waals surface area contributed by atoms with E-state index in [0.717, 1.165) is 23.7 Å². The molecule has 1 aliphatic carbocycles. The molecule has 1 aromatic carbocycles. The average Bonchev–Trinajstić information content (AvgIpc) is 3.41. The second-order valence-corrected chi connectivity index (χ2v) is 7.36. The molecule has 1 N–H and O–H groups in total. The topological polar surface area (TPSA) is 28.2 Å². The van der Waals surface area contributed by atoms with Crippen molar-refractivity contribution in [2.75, 3.05) is 12.4 Å². The molecule has 3 nitrogen and oxygen atoms in total. The third-order valence-corrected chi connectivity index (χ3v) is 4.80. The van der Waals surface area contributed by atoms with E-state index >= 15 is 0 Å². The van der Waals surface area contributed by atoms with Crippen LogP contribution in [0.3, 0.4) is 0 Å². The van der Waals surface area contributed by atoms with E-state index < -0.39 is 17.6 Å². The van der Waals surface area contributed by atoms with Crippen LogP contribution in [-0.2, 0) is 12.7 Å². The minimum absolute atomic E-state index is 0.211. The van der Waals surface area contributed by atoms with Crippen LogP contribution in [0, 0.1) is 5.82 Å². The van der Waals surface area contributed by atoms with E-state index in [2.05, 4.69) is 22.2 Å². The van der Waals surface area contributed by atoms with Gasteiger partial charge in [0.2, 0.25) is 0 Å². The Balaban J connectivity index is 1.86. The normalized spacial score (nSPS) is 14.9. The number of benzene rings is 1. The molecule has 0 spiro atoms. The summed E-state index contributed by atoms with van der Waals surface area (Å²) >= 11 is 0. The Kier molecular flexibility index (Phi) is 5.42. The van der Waals surface area contributed by atoms with Crippen molar-refractivity contribution in [3.8, 4) is 0 Å². The summed E-state index contributed by atoms with van der Waals surface area (Å²) in [4.78, 5) is 6.58. The molecule has 0 atom stereocenters. The van der Waals surface area contributed by atoms with Gasteiger partial charge in [-0.1, -0.05) is 19.9 Å². The lowest BCUT2D eigenvalue weighted by atomic mass is 9.98. The predicted octanol–water partition coefficient (Wildman–Crippen LogP) is 5.70. The lowest BCUT2D eigenvalue weighted by molar-refractivity contribution is -0.139. The number of rotatable bonds is 6. The van der Waals surface area contributed by atoms with Crippen LogP contribution < -0.4 is 5.32 Å². The summed E-state index contributed by atoms with van der Waals surface area (Å²) in [7, 11) is 2.08. The molecule has 146 valence electrons. The number of nitrogens with zero attached hydrogens (tertiary/aromatic N) is 2. The molecular formula is C20H23F4N3. The van der Waals surface area contributed by atoms with Crippen LogP contribution >= 0.6 is 0 Å². The van der Waals surface area contributed by atoms with Gasteiger partial charge in [-0.05, 0) is 55.1 Å². The number of nitrogens with one attached hydrogen (secondary N) is 1. The largest absolute Gasteiger partial charge is 0.419 e. The summed E-state index contributed by atoms with van der Waals surface area (Å²) in [5, 5.41) is 2.70. The van der Waals surface area contributed by atoms with Crippen LogP contribution in [0.25, 0.3) is 0 Å². The van der Waals surface area contributed by atoms with E-state index in [4.69, 9.17) is 0 Å². The standard InChI is InChI=1S/C20H23F4N3/c1-12(2)15-9-18(25-10-13(15)11-27(3)14-7-8-14)26-17-6-4-5-16(19(17)21)20(22,23)24/h4-6,9-10,12,14H,7-8,11H2,1-3H3,(H,25,26). The van der Waals surface area contributed by atoms with E-state index in [0.29, 0.717) is 11.9 Å². The lowest BCUT2D eigenvalue weighted by Gasteiger charge is -2.20. The highest BCUT2D eigenvalue weighted by atomic mass is 19.4. The minimum Gasteiger partial charge on any atom is -0.338 e. The van der Waals surface area contributed by atoms with E-state index in [1.54, 1.807) is 12.3 Å². The fourth-order valence-corrected chi connectivity index (χ4v) is 3.14. The SMILES string of the molecule is CC(C)c1cc(Nc2cccc(C(F)(F)F)c2F)ncc1CN(C)C1CC1. The first kappa shape index (κ1) is 19.6. The van der Waals surface area contributed by atoms with Crippen LogP contribution in [0.15, 0.2) is 30.5 Å².